The van der Waals surface area contributed by atoms with Gasteiger partial charge < -0.3 is 9.64 Å². The van der Waals surface area contributed by atoms with Gasteiger partial charge in [-0.2, -0.15) is 5.10 Å². The van der Waals surface area contributed by atoms with Crippen molar-refractivity contribution >= 4 is 16.8 Å². The van der Waals surface area contributed by atoms with Gasteiger partial charge in [-0.1, -0.05) is 12.1 Å². The van der Waals surface area contributed by atoms with Crippen LogP contribution in [0.2, 0.25) is 0 Å². The van der Waals surface area contributed by atoms with E-state index in [-0.39, 0.29) is 5.91 Å². The van der Waals surface area contributed by atoms with Crippen LogP contribution in [0.5, 0.6) is 0 Å². The number of amides is 1. The molecule has 1 atom stereocenters. The van der Waals surface area contributed by atoms with Gasteiger partial charge in [0, 0.05) is 32.0 Å². The Balaban J connectivity index is 1.64. The number of benzene rings is 1. The van der Waals surface area contributed by atoms with Crippen molar-refractivity contribution in [1.29, 1.82) is 0 Å². The van der Waals surface area contributed by atoms with Gasteiger partial charge >= 0.3 is 0 Å². The number of ether oxygens (including phenoxy) is 1. The van der Waals surface area contributed by atoms with Crippen LogP contribution < -0.4 is 0 Å². The molecular formula is C15H19N3O2. The van der Waals surface area contributed by atoms with Crippen LogP contribution in [0.3, 0.4) is 0 Å². The lowest BCUT2D eigenvalue weighted by Crippen LogP contribution is -2.28. The van der Waals surface area contributed by atoms with Crippen molar-refractivity contribution in [3.8, 4) is 0 Å². The maximum absolute atomic E-state index is 11.9. The highest BCUT2D eigenvalue weighted by molar-refractivity contribution is 5.79. The molecule has 0 bridgehead atoms. The second kappa shape index (κ2) is 5.63. The fraction of sp³-hybridized carbons (Fsp3) is 0.467. The maximum atomic E-state index is 11.9. The SMILES string of the molecule is COCCN1CC(Cc2ccc3cn[nH]c3c2)CC1=O. The first-order valence-corrected chi connectivity index (χ1v) is 6.95. The van der Waals surface area contributed by atoms with Crippen LogP contribution in [0, 0.1) is 5.92 Å². The zero-order chi connectivity index (χ0) is 13.9. The summed E-state index contributed by atoms with van der Waals surface area (Å²) < 4.78 is 5.04. The van der Waals surface area contributed by atoms with Gasteiger partial charge in [-0.3, -0.25) is 9.89 Å². The largest absolute Gasteiger partial charge is 0.383 e. The average molecular weight is 273 g/mol. The number of rotatable bonds is 5. The minimum absolute atomic E-state index is 0.245. The molecule has 3 rings (SSSR count). The molecular weight excluding hydrogens is 254 g/mol. The first-order chi connectivity index (χ1) is 9.76. The van der Waals surface area contributed by atoms with Crippen molar-refractivity contribution in [2.45, 2.75) is 12.8 Å². The normalized spacial score (nSPS) is 19.1. The number of hydrogen-bond acceptors (Lipinski definition) is 3. The monoisotopic (exact) mass is 273 g/mol. The van der Waals surface area contributed by atoms with Crippen LogP contribution in [0.4, 0.5) is 0 Å². The summed E-state index contributed by atoms with van der Waals surface area (Å²) >= 11 is 0. The van der Waals surface area contributed by atoms with E-state index in [0.717, 1.165) is 23.9 Å². The number of methoxy groups -OCH3 is 1. The Morgan fingerprint density at radius 3 is 3.25 bits per heavy atom. The van der Waals surface area contributed by atoms with E-state index >= 15 is 0 Å². The maximum Gasteiger partial charge on any atom is 0.223 e. The Hall–Kier alpha value is -1.88. The molecule has 5 nitrogen and oxygen atoms in total. The zero-order valence-corrected chi connectivity index (χ0v) is 11.6. The summed E-state index contributed by atoms with van der Waals surface area (Å²) in [5.74, 6) is 0.648. The molecule has 1 N–H and O–H groups in total. The predicted molar refractivity (Wildman–Crippen MR) is 76.4 cm³/mol. The molecule has 0 radical (unpaired) electrons. The molecule has 1 aromatic heterocycles. The van der Waals surface area contributed by atoms with Crippen molar-refractivity contribution in [3.05, 3.63) is 30.0 Å². The molecule has 106 valence electrons. The van der Waals surface area contributed by atoms with Gasteiger partial charge in [0.1, 0.15) is 0 Å². The topological polar surface area (TPSA) is 58.2 Å². The number of carbonyl (C=O) groups excluding carboxylic acids is 1. The number of aromatic nitrogens is 2. The molecule has 0 aliphatic carbocycles. The second-order valence-corrected chi connectivity index (χ2v) is 5.40. The van der Waals surface area contributed by atoms with Crippen molar-refractivity contribution in [1.82, 2.24) is 15.1 Å². The minimum Gasteiger partial charge on any atom is -0.383 e. The third kappa shape index (κ3) is 2.67. The number of nitrogens with zero attached hydrogens (tertiary/aromatic N) is 2. The van der Waals surface area contributed by atoms with Crippen LogP contribution in [0.25, 0.3) is 10.9 Å². The highest BCUT2D eigenvalue weighted by Crippen LogP contribution is 2.23. The fourth-order valence-corrected chi connectivity index (χ4v) is 2.85. The second-order valence-electron chi connectivity index (χ2n) is 5.40. The molecule has 1 aromatic carbocycles. The van der Waals surface area contributed by atoms with Crippen LogP contribution >= 0.6 is 0 Å². The number of likely N-dealkylation sites (tertiary alicyclic amines) is 1. The molecule has 1 aliphatic rings. The summed E-state index contributed by atoms with van der Waals surface area (Å²) in [5.41, 5.74) is 2.32. The summed E-state index contributed by atoms with van der Waals surface area (Å²) in [4.78, 5) is 13.8. The lowest BCUT2D eigenvalue weighted by atomic mass is 9.98. The van der Waals surface area contributed by atoms with Crippen LogP contribution in [0.15, 0.2) is 24.4 Å². The van der Waals surface area contributed by atoms with Gasteiger partial charge in [-0.15, -0.1) is 0 Å². The van der Waals surface area contributed by atoms with Crippen molar-refractivity contribution in [2.75, 3.05) is 26.8 Å². The molecule has 1 aliphatic heterocycles. The first kappa shape index (κ1) is 13.1. The molecule has 1 amide bonds. The predicted octanol–water partition coefficient (Wildman–Crippen LogP) is 1.60. The van der Waals surface area contributed by atoms with Crippen LogP contribution in [0.1, 0.15) is 12.0 Å². The van der Waals surface area contributed by atoms with E-state index in [2.05, 4.69) is 28.4 Å². The van der Waals surface area contributed by atoms with E-state index in [1.807, 2.05) is 11.1 Å². The molecule has 1 fully saturated rings. The molecule has 2 aromatic rings. The Kier molecular flexibility index (Phi) is 3.69. The fourth-order valence-electron chi connectivity index (χ4n) is 2.85. The standard InChI is InChI=1S/C15H19N3O2/c1-20-5-4-18-10-12(8-15(18)19)6-11-2-3-13-9-16-17-14(13)7-11/h2-3,7,9,12H,4-6,8,10H2,1H3,(H,16,17). The Bertz CT molecular complexity index is 608. The molecule has 2 heterocycles. The summed E-state index contributed by atoms with van der Waals surface area (Å²) in [6.07, 6.45) is 3.40. The number of H-pyrrole nitrogens is 1. The van der Waals surface area contributed by atoms with Gasteiger partial charge in [0.25, 0.3) is 0 Å². The van der Waals surface area contributed by atoms with Gasteiger partial charge in [0.2, 0.25) is 5.91 Å². The molecule has 1 saturated heterocycles. The van der Waals surface area contributed by atoms with E-state index in [1.165, 1.54) is 5.56 Å². The Morgan fingerprint density at radius 2 is 2.40 bits per heavy atom. The third-order valence-corrected chi connectivity index (χ3v) is 3.89. The number of nitrogens with one attached hydrogen (secondary N) is 1. The first-order valence-electron chi connectivity index (χ1n) is 6.95. The molecule has 1 unspecified atom stereocenters. The minimum atomic E-state index is 0.245. The van der Waals surface area contributed by atoms with E-state index in [0.29, 0.717) is 25.5 Å². The summed E-state index contributed by atoms with van der Waals surface area (Å²) in [7, 11) is 1.66. The van der Waals surface area contributed by atoms with Crippen molar-refractivity contribution < 1.29 is 9.53 Å². The van der Waals surface area contributed by atoms with Gasteiger partial charge in [-0.25, -0.2) is 0 Å². The van der Waals surface area contributed by atoms with Crippen LogP contribution in [-0.4, -0.2) is 47.8 Å². The third-order valence-electron chi connectivity index (χ3n) is 3.89. The smallest absolute Gasteiger partial charge is 0.223 e. The van der Waals surface area contributed by atoms with Crippen LogP contribution in [-0.2, 0) is 16.0 Å². The van der Waals surface area contributed by atoms with Crippen molar-refractivity contribution in [3.63, 3.8) is 0 Å². The molecule has 20 heavy (non-hydrogen) atoms. The van der Waals surface area contributed by atoms with E-state index in [9.17, 15) is 4.79 Å². The van der Waals surface area contributed by atoms with Gasteiger partial charge in [0.05, 0.1) is 18.3 Å². The molecule has 0 saturated carbocycles. The number of hydrogen-bond donors (Lipinski definition) is 1. The lowest BCUT2D eigenvalue weighted by molar-refractivity contribution is -0.128. The number of carbonyl (C=O) groups is 1. The number of fused-ring (bicyclic) bond motifs is 1. The quantitative estimate of drug-likeness (QED) is 0.900. The highest BCUT2D eigenvalue weighted by Gasteiger charge is 2.29. The van der Waals surface area contributed by atoms with Gasteiger partial charge in [-0.05, 0) is 24.0 Å². The van der Waals surface area contributed by atoms with E-state index in [1.54, 1.807) is 7.11 Å². The Morgan fingerprint density at radius 1 is 1.50 bits per heavy atom. The summed E-state index contributed by atoms with van der Waals surface area (Å²) in [6, 6.07) is 6.33. The van der Waals surface area contributed by atoms with Gasteiger partial charge in [0.15, 0.2) is 0 Å². The summed E-state index contributed by atoms with van der Waals surface area (Å²) in [5, 5.41) is 8.14. The lowest BCUT2D eigenvalue weighted by Gasteiger charge is -2.15. The molecule has 0 spiro atoms. The molecule has 5 heteroatoms. The average Bonchev–Trinajstić information content (AvgIpc) is 3.03. The highest BCUT2D eigenvalue weighted by atomic mass is 16.5. The number of aromatic amines is 1. The van der Waals surface area contributed by atoms with E-state index < -0.39 is 0 Å². The Labute approximate surface area is 117 Å². The van der Waals surface area contributed by atoms with Crippen molar-refractivity contribution in [2.24, 2.45) is 5.92 Å². The van der Waals surface area contributed by atoms with E-state index in [4.69, 9.17) is 4.74 Å². The zero-order valence-electron chi connectivity index (χ0n) is 11.6. The summed E-state index contributed by atoms with van der Waals surface area (Å²) in [6.45, 7) is 2.15.